The molecule has 2 rings (SSSR count). The molecule has 2 atom stereocenters. The molecule has 1 aromatic carbocycles. The van der Waals surface area contributed by atoms with Crippen molar-refractivity contribution in [1.82, 2.24) is 10.2 Å². The van der Waals surface area contributed by atoms with Crippen LogP contribution in [0, 0.1) is 0 Å². The van der Waals surface area contributed by atoms with Gasteiger partial charge in [0.1, 0.15) is 0 Å². The molecule has 6 heteroatoms. The van der Waals surface area contributed by atoms with Gasteiger partial charge in [0.2, 0.25) is 0 Å². The predicted molar refractivity (Wildman–Crippen MR) is 81.4 cm³/mol. The van der Waals surface area contributed by atoms with Crippen LogP contribution in [-0.2, 0) is 4.74 Å². The predicted octanol–water partition coefficient (Wildman–Crippen LogP) is 2.19. The molecule has 0 saturated carbocycles. The lowest BCUT2D eigenvalue weighted by atomic mass is 10.1. The molecule has 116 valence electrons. The van der Waals surface area contributed by atoms with Crippen LogP contribution in [0.3, 0.4) is 0 Å². The van der Waals surface area contributed by atoms with Crippen molar-refractivity contribution in [3.05, 3.63) is 34.9 Å². The van der Waals surface area contributed by atoms with Crippen LogP contribution in [0.1, 0.15) is 24.5 Å². The number of halogens is 1. The van der Waals surface area contributed by atoms with Crippen LogP contribution in [0.25, 0.3) is 0 Å². The van der Waals surface area contributed by atoms with Crippen molar-refractivity contribution < 1.29 is 14.6 Å². The Kier molecular flexibility index (Phi) is 5.85. The summed E-state index contributed by atoms with van der Waals surface area (Å²) in [4.78, 5) is 13.8. The zero-order valence-corrected chi connectivity index (χ0v) is 12.8. The molecule has 0 spiro atoms. The minimum absolute atomic E-state index is 0.00934. The highest BCUT2D eigenvalue weighted by Gasteiger charge is 2.28. The summed E-state index contributed by atoms with van der Waals surface area (Å²) >= 11 is 5.97. The van der Waals surface area contributed by atoms with Crippen LogP contribution in [-0.4, -0.2) is 48.9 Å². The molecule has 1 unspecified atom stereocenters. The number of methoxy groups -OCH3 is 1. The molecule has 0 aliphatic carbocycles. The lowest BCUT2D eigenvalue weighted by molar-refractivity contribution is 0.0993. The van der Waals surface area contributed by atoms with E-state index in [2.05, 4.69) is 5.32 Å². The first kappa shape index (κ1) is 16.1. The Hall–Kier alpha value is -1.30. The molecule has 2 amide bonds. The highest BCUT2D eigenvalue weighted by Crippen LogP contribution is 2.20. The van der Waals surface area contributed by atoms with E-state index in [0.29, 0.717) is 18.1 Å². The van der Waals surface area contributed by atoms with Gasteiger partial charge in [0.25, 0.3) is 0 Å². The van der Waals surface area contributed by atoms with E-state index in [9.17, 15) is 9.90 Å². The second kappa shape index (κ2) is 7.64. The summed E-state index contributed by atoms with van der Waals surface area (Å²) in [6, 6.07) is 7.17. The second-order valence-corrected chi connectivity index (χ2v) is 5.57. The van der Waals surface area contributed by atoms with Gasteiger partial charge in [-0.05, 0) is 30.5 Å². The van der Waals surface area contributed by atoms with E-state index in [4.69, 9.17) is 16.3 Å². The van der Waals surface area contributed by atoms with Crippen molar-refractivity contribution in [3.8, 4) is 0 Å². The van der Waals surface area contributed by atoms with E-state index in [1.807, 2.05) is 18.2 Å². The quantitative estimate of drug-likeness (QED) is 0.876. The summed E-state index contributed by atoms with van der Waals surface area (Å²) in [5.74, 6) is 0. The molecule has 0 aromatic heterocycles. The summed E-state index contributed by atoms with van der Waals surface area (Å²) in [7, 11) is 1.60. The van der Waals surface area contributed by atoms with Crippen molar-refractivity contribution in [2.24, 2.45) is 0 Å². The number of aliphatic hydroxyl groups is 1. The number of ether oxygens (including phenoxy) is 1. The van der Waals surface area contributed by atoms with Gasteiger partial charge < -0.3 is 20.1 Å². The van der Waals surface area contributed by atoms with E-state index >= 15 is 0 Å². The summed E-state index contributed by atoms with van der Waals surface area (Å²) in [5, 5.41) is 12.8. The zero-order valence-electron chi connectivity index (χ0n) is 12.1. The molecule has 2 N–H and O–H groups in total. The fraction of sp³-hybridized carbons (Fsp3) is 0.533. The number of nitrogens with zero attached hydrogens (tertiary/aromatic N) is 1. The topological polar surface area (TPSA) is 61.8 Å². The Morgan fingerprint density at radius 3 is 3.10 bits per heavy atom. The fourth-order valence-corrected chi connectivity index (χ4v) is 2.82. The van der Waals surface area contributed by atoms with Crippen LogP contribution in [0.15, 0.2) is 24.3 Å². The third-order valence-electron chi connectivity index (χ3n) is 3.79. The molecule has 1 aromatic rings. The largest absolute Gasteiger partial charge is 0.394 e. The molecule has 1 fully saturated rings. The monoisotopic (exact) mass is 312 g/mol. The standard InChI is InChI=1S/C15H21ClN2O3/c1-21-14(11-4-2-5-12(16)8-11)9-17-15(20)18-7-3-6-13(18)10-19/h2,4-5,8,13-14,19H,3,6-7,9-10H2,1H3,(H,17,20)/t13-,14?/m1/s1. The Morgan fingerprint density at radius 2 is 2.43 bits per heavy atom. The maximum Gasteiger partial charge on any atom is 0.317 e. The summed E-state index contributed by atoms with van der Waals surface area (Å²) in [5.41, 5.74) is 0.922. The maximum absolute atomic E-state index is 12.2. The minimum Gasteiger partial charge on any atom is -0.394 e. The van der Waals surface area contributed by atoms with Crippen LogP contribution >= 0.6 is 11.6 Å². The van der Waals surface area contributed by atoms with Crippen LogP contribution in [0.5, 0.6) is 0 Å². The van der Waals surface area contributed by atoms with Crippen molar-refractivity contribution >= 4 is 17.6 Å². The number of rotatable bonds is 5. The van der Waals surface area contributed by atoms with Crippen LogP contribution < -0.4 is 5.32 Å². The lowest BCUT2D eigenvalue weighted by Crippen LogP contribution is -2.45. The first-order valence-corrected chi connectivity index (χ1v) is 7.47. The van der Waals surface area contributed by atoms with Gasteiger partial charge >= 0.3 is 6.03 Å². The van der Waals surface area contributed by atoms with Gasteiger partial charge in [-0.25, -0.2) is 4.79 Å². The molecule has 0 radical (unpaired) electrons. The average Bonchev–Trinajstić information content (AvgIpc) is 2.96. The third-order valence-corrected chi connectivity index (χ3v) is 4.03. The minimum atomic E-state index is -0.247. The molecular weight excluding hydrogens is 292 g/mol. The number of nitrogens with one attached hydrogen (secondary N) is 1. The zero-order chi connectivity index (χ0) is 15.2. The van der Waals surface area contributed by atoms with E-state index < -0.39 is 0 Å². The first-order valence-electron chi connectivity index (χ1n) is 7.09. The van der Waals surface area contributed by atoms with E-state index in [1.54, 1.807) is 18.1 Å². The number of benzene rings is 1. The lowest BCUT2D eigenvalue weighted by Gasteiger charge is -2.25. The molecule has 1 aliphatic heterocycles. The Morgan fingerprint density at radius 1 is 1.62 bits per heavy atom. The number of carbonyl (C=O) groups is 1. The number of hydrogen-bond donors (Lipinski definition) is 2. The van der Waals surface area contributed by atoms with Gasteiger partial charge in [0.05, 0.1) is 18.8 Å². The maximum atomic E-state index is 12.2. The fourth-order valence-electron chi connectivity index (χ4n) is 2.62. The van der Waals surface area contributed by atoms with Crippen molar-refractivity contribution in [1.29, 1.82) is 0 Å². The van der Waals surface area contributed by atoms with E-state index in [1.165, 1.54) is 0 Å². The van der Waals surface area contributed by atoms with Gasteiger partial charge in [-0.3, -0.25) is 0 Å². The number of aliphatic hydroxyl groups excluding tert-OH is 1. The highest BCUT2D eigenvalue weighted by atomic mass is 35.5. The van der Waals surface area contributed by atoms with Gasteiger partial charge in [0, 0.05) is 25.2 Å². The number of urea groups is 1. The molecule has 5 nitrogen and oxygen atoms in total. The second-order valence-electron chi connectivity index (χ2n) is 5.14. The van der Waals surface area contributed by atoms with Crippen LogP contribution in [0.2, 0.25) is 5.02 Å². The van der Waals surface area contributed by atoms with Gasteiger partial charge in [0.15, 0.2) is 0 Å². The van der Waals surface area contributed by atoms with Crippen molar-refractivity contribution in [3.63, 3.8) is 0 Å². The molecule has 0 bridgehead atoms. The van der Waals surface area contributed by atoms with Gasteiger partial charge in [-0.1, -0.05) is 23.7 Å². The third kappa shape index (κ3) is 4.09. The summed E-state index contributed by atoms with van der Waals surface area (Å²) < 4.78 is 5.42. The SMILES string of the molecule is COC(CNC(=O)N1CCC[C@@H]1CO)c1cccc(Cl)c1. The number of carbonyl (C=O) groups excluding carboxylic acids is 1. The van der Waals surface area contributed by atoms with Gasteiger partial charge in [-0.2, -0.15) is 0 Å². The molecule has 1 heterocycles. The van der Waals surface area contributed by atoms with E-state index in [-0.39, 0.29) is 24.8 Å². The highest BCUT2D eigenvalue weighted by molar-refractivity contribution is 6.30. The van der Waals surface area contributed by atoms with Crippen molar-refractivity contribution in [2.45, 2.75) is 25.0 Å². The summed E-state index contributed by atoms with van der Waals surface area (Å²) in [6.07, 6.45) is 1.54. The first-order chi connectivity index (χ1) is 10.2. The molecule has 21 heavy (non-hydrogen) atoms. The van der Waals surface area contributed by atoms with E-state index in [0.717, 1.165) is 18.4 Å². The van der Waals surface area contributed by atoms with Crippen LogP contribution in [0.4, 0.5) is 4.79 Å². The Balaban J connectivity index is 1.92. The average molecular weight is 313 g/mol. The number of likely N-dealkylation sites (tertiary alicyclic amines) is 1. The number of amides is 2. The molecular formula is C15H21ClN2O3. The van der Waals surface area contributed by atoms with Gasteiger partial charge in [-0.15, -0.1) is 0 Å². The Labute approximate surface area is 129 Å². The smallest absolute Gasteiger partial charge is 0.317 e. The van der Waals surface area contributed by atoms with Crippen molar-refractivity contribution in [2.75, 3.05) is 26.8 Å². The molecule has 1 saturated heterocycles. The number of hydrogen-bond acceptors (Lipinski definition) is 3. The molecule has 1 aliphatic rings. The normalized spacial score (nSPS) is 19.6. The Bertz CT molecular complexity index is 484. The summed E-state index contributed by atoms with van der Waals surface area (Å²) in [6.45, 7) is 1.06.